The van der Waals surface area contributed by atoms with Crippen molar-refractivity contribution in [2.75, 3.05) is 13.1 Å². The number of hydrogen-bond acceptors (Lipinski definition) is 1. The third-order valence-electron chi connectivity index (χ3n) is 0.934. The molecule has 1 N–H and O–H groups in total. The highest BCUT2D eigenvalue weighted by molar-refractivity contribution is 4.61. The molecule has 0 aliphatic heterocycles. The summed E-state index contributed by atoms with van der Waals surface area (Å²) in [6, 6.07) is 0. The van der Waals surface area contributed by atoms with Crippen molar-refractivity contribution < 1.29 is 13.2 Å². The fraction of sp³-hybridized carbons (Fsp3) is 0.833. The van der Waals surface area contributed by atoms with Gasteiger partial charge in [-0.15, -0.1) is 0 Å². The first-order valence-electron chi connectivity index (χ1n) is 3.11. The zero-order valence-corrected chi connectivity index (χ0v) is 5.83. The van der Waals surface area contributed by atoms with E-state index in [1.54, 1.807) is 13.3 Å². The monoisotopic (exact) mass is 154 g/mol. The van der Waals surface area contributed by atoms with E-state index in [4.69, 9.17) is 0 Å². The molecule has 0 aliphatic rings. The lowest BCUT2D eigenvalue weighted by Gasteiger charge is -2.05. The van der Waals surface area contributed by atoms with Crippen LogP contribution in [0.25, 0.3) is 0 Å². The smallest absolute Gasteiger partial charge is 0.316 e. The zero-order valence-electron chi connectivity index (χ0n) is 5.83. The summed E-state index contributed by atoms with van der Waals surface area (Å²) >= 11 is 0. The molecule has 0 rings (SSSR count). The van der Waals surface area contributed by atoms with E-state index < -0.39 is 12.6 Å². The molecule has 0 aromatic heterocycles. The van der Waals surface area contributed by atoms with Gasteiger partial charge in [-0.1, -0.05) is 6.92 Å². The Balaban J connectivity index is 3.04. The Hall–Kier alpha value is -0.250. The Kier molecular flexibility index (Phi) is 4.43. The average molecular weight is 154 g/mol. The molecule has 0 aromatic rings. The van der Waals surface area contributed by atoms with Crippen molar-refractivity contribution in [2.45, 2.75) is 19.5 Å². The summed E-state index contributed by atoms with van der Waals surface area (Å²) in [7, 11) is 0. The normalized spacial score (nSPS) is 12.0. The summed E-state index contributed by atoms with van der Waals surface area (Å²) < 4.78 is 34.3. The molecule has 4 heteroatoms. The van der Waals surface area contributed by atoms with Crippen molar-refractivity contribution in [3.63, 3.8) is 0 Å². The van der Waals surface area contributed by atoms with Crippen LogP contribution in [0.5, 0.6) is 0 Å². The van der Waals surface area contributed by atoms with Crippen molar-refractivity contribution >= 4 is 0 Å². The maximum atomic E-state index is 11.4. The molecule has 0 amide bonds. The molecular formula is C6H11F3N. The molecule has 0 bridgehead atoms. The summed E-state index contributed by atoms with van der Waals surface area (Å²) in [4.78, 5) is 0. The lowest BCUT2D eigenvalue weighted by atomic mass is 10.4. The number of hydrogen-bond donors (Lipinski definition) is 1. The first-order valence-corrected chi connectivity index (χ1v) is 3.11. The van der Waals surface area contributed by atoms with E-state index in [-0.39, 0.29) is 6.54 Å². The minimum atomic E-state index is -4.03. The summed E-state index contributed by atoms with van der Waals surface area (Å²) in [5.74, 6) is 0. The van der Waals surface area contributed by atoms with E-state index in [9.17, 15) is 13.2 Å². The molecule has 0 heterocycles. The minimum absolute atomic E-state index is 0.00778. The van der Waals surface area contributed by atoms with Gasteiger partial charge in [-0.2, -0.15) is 13.2 Å². The van der Waals surface area contributed by atoms with Crippen LogP contribution in [0, 0.1) is 6.42 Å². The molecule has 0 aromatic carbocycles. The van der Waals surface area contributed by atoms with Gasteiger partial charge in [0.05, 0.1) is 6.42 Å². The topological polar surface area (TPSA) is 12.0 Å². The van der Waals surface area contributed by atoms with Crippen LogP contribution in [0.4, 0.5) is 13.2 Å². The lowest BCUT2D eigenvalue weighted by Crippen LogP contribution is -2.22. The highest BCUT2D eigenvalue weighted by atomic mass is 19.4. The minimum Gasteiger partial charge on any atom is -0.316 e. The quantitative estimate of drug-likeness (QED) is 0.608. The first-order chi connectivity index (χ1) is 4.56. The number of rotatable bonds is 4. The second-order valence-electron chi connectivity index (χ2n) is 1.98. The summed E-state index contributed by atoms with van der Waals surface area (Å²) in [5, 5.41) is 2.62. The molecule has 61 valence electrons. The van der Waals surface area contributed by atoms with Crippen molar-refractivity contribution in [1.29, 1.82) is 0 Å². The van der Waals surface area contributed by atoms with E-state index in [1.165, 1.54) is 0 Å². The number of nitrogens with one attached hydrogen (secondary N) is 1. The Labute approximate surface area is 58.6 Å². The van der Waals surface area contributed by atoms with Crippen LogP contribution < -0.4 is 5.32 Å². The van der Waals surface area contributed by atoms with E-state index in [1.807, 2.05) is 0 Å². The zero-order chi connectivity index (χ0) is 8.04. The third-order valence-corrected chi connectivity index (χ3v) is 0.934. The van der Waals surface area contributed by atoms with Gasteiger partial charge >= 0.3 is 6.18 Å². The van der Waals surface area contributed by atoms with Crippen LogP contribution in [0.2, 0.25) is 0 Å². The molecule has 1 nitrogen and oxygen atoms in total. The van der Waals surface area contributed by atoms with Gasteiger partial charge in [0.15, 0.2) is 0 Å². The van der Waals surface area contributed by atoms with Crippen molar-refractivity contribution in [1.82, 2.24) is 5.32 Å². The predicted octanol–water partition coefficient (Wildman–Crippen LogP) is 1.75. The van der Waals surface area contributed by atoms with Gasteiger partial charge in [-0.05, 0) is 13.0 Å². The molecule has 0 saturated heterocycles. The fourth-order valence-corrected chi connectivity index (χ4v) is 0.477. The standard InChI is InChI=1S/C6H11F3N/c1-2-4-10-5-3-6(7,8)9/h2,10H,3-5H2,1H3. The lowest BCUT2D eigenvalue weighted by molar-refractivity contribution is -0.133. The SMILES string of the molecule is C[CH]CNCCC(F)(F)F. The second-order valence-corrected chi connectivity index (χ2v) is 1.98. The van der Waals surface area contributed by atoms with Crippen LogP contribution in [0.1, 0.15) is 13.3 Å². The van der Waals surface area contributed by atoms with Crippen LogP contribution in [0.3, 0.4) is 0 Å². The Bertz CT molecular complexity index is 79.6. The maximum Gasteiger partial charge on any atom is 0.390 e. The second kappa shape index (κ2) is 4.55. The van der Waals surface area contributed by atoms with Crippen LogP contribution in [0.15, 0.2) is 0 Å². The Morgan fingerprint density at radius 2 is 2.00 bits per heavy atom. The Morgan fingerprint density at radius 1 is 1.40 bits per heavy atom. The van der Waals surface area contributed by atoms with E-state index in [0.717, 1.165) is 0 Å². The highest BCUT2D eigenvalue weighted by Crippen LogP contribution is 2.17. The van der Waals surface area contributed by atoms with Gasteiger partial charge in [0, 0.05) is 6.54 Å². The van der Waals surface area contributed by atoms with Gasteiger partial charge < -0.3 is 5.32 Å². The van der Waals surface area contributed by atoms with Gasteiger partial charge in [-0.3, -0.25) is 0 Å². The van der Waals surface area contributed by atoms with E-state index in [2.05, 4.69) is 5.32 Å². The summed E-state index contributed by atoms with van der Waals surface area (Å²) in [6.45, 7) is 2.34. The van der Waals surface area contributed by atoms with Gasteiger partial charge in [-0.25, -0.2) is 0 Å². The molecule has 0 atom stereocenters. The van der Waals surface area contributed by atoms with Crippen LogP contribution in [-0.4, -0.2) is 19.3 Å². The van der Waals surface area contributed by atoms with Crippen molar-refractivity contribution in [2.24, 2.45) is 0 Å². The molecular weight excluding hydrogens is 143 g/mol. The summed E-state index contributed by atoms with van der Waals surface area (Å²) in [5.41, 5.74) is 0. The van der Waals surface area contributed by atoms with Crippen molar-refractivity contribution in [3.8, 4) is 0 Å². The third kappa shape index (κ3) is 7.75. The van der Waals surface area contributed by atoms with Crippen LogP contribution >= 0.6 is 0 Å². The Morgan fingerprint density at radius 3 is 2.40 bits per heavy atom. The maximum absolute atomic E-state index is 11.4. The first kappa shape index (κ1) is 9.75. The predicted molar refractivity (Wildman–Crippen MR) is 33.5 cm³/mol. The molecule has 0 spiro atoms. The van der Waals surface area contributed by atoms with E-state index >= 15 is 0 Å². The molecule has 10 heavy (non-hydrogen) atoms. The number of alkyl halides is 3. The van der Waals surface area contributed by atoms with Gasteiger partial charge in [0.25, 0.3) is 0 Å². The highest BCUT2D eigenvalue weighted by Gasteiger charge is 2.25. The molecule has 0 fully saturated rings. The van der Waals surface area contributed by atoms with E-state index in [0.29, 0.717) is 6.54 Å². The molecule has 1 radical (unpaired) electrons. The summed E-state index contributed by atoms with van der Waals surface area (Å²) in [6.07, 6.45) is -3.00. The molecule has 0 unspecified atom stereocenters. The van der Waals surface area contributed by atoms with Gasteiger partial charge in [0.2, 0.25) is 0 Å². The average Bonchev–Trinajstić information content (AvgIpc) is 1.78. The van der Waals surface area contributed by atoms with Crippen LogP contribution in [-0.2, 0) is 0 Å². The number of halogens is 3. The fourth-order valence-electron chi connectivity index (χ4n) is 0.477. The molecule has 0 aliphatic carbocycles. The van der Waals surface area contributed by atoms with Crippen molar-refractivity contribution in [3.05, 3.63) is 6.42 Å². The largest absolute Gasteiger partial charge is 0.390 e. The molecule has 0 saturated carbocycles. The van der Waals surface area contributed by atoms with Gasteiger partial charge in [0.1, 0.15) is 0 Å².